The second kappa shape index (κ2) is 12.4. The number of hydrogen-bond donors (Lipinski definition) is 1. The van der Waals surface area contributed by atoms with Crippen molar-refractivity contribution in [2.45, 2.75) is 32.3 Å². The van der Waals surface area contributed by atoms with Crippen LogP contribution in [-0.4, -0.2) is 68.1 Å². The second-order valence-corrected chi connectivity index (χ2v) is 10.4. The van der Waals surface area contributed by atoms with Crippen LogP contribution >= 0.6 is 27.5 Å². The summed E-state index contributed by atoms with van der Waals surface area (Å²) in [6.45, 7) is 11.1. The monoisotopic (exact) mass is 539 g/mol. The number of rotatable bonds is 11. The number of benzene rings is 2. The predicted octanol–water partition coefficient (Wildman–Crippen LogP) is 5.10. The molecule has 1 heterocycles. The summed E-state index contributed by atoms with van der Waals surface area (Å²) in [5.74, 6) is 2.46. The molecule has 1 fully saturated rings. The quantitative estimate of drug-likeness (QED) is 0.402. The number of β-amino-alcohol motifs (C(OH)–C–C–N with tert-alkyl or cyclic N) is 1. The van der Waals surface area contributed by atoms with Crippen molar-refractivity contribution in [3.05, 3.63) is 58.1 Å². The van der Waals surface area contributed by atoms with Gasteiger partial charge >= 0.3 is 0 Å². The van der Waals surface area contributed by atoms with Crippen molar-refractivity contribution in [2.75, 3.05) is 51.9 Å². The van der Waals surface area contributed by atoms with Crippen molar-refractivity contribution in [1.82, 2.24) is 4.90 Å². The first-order valence-corrected chi connectivity index (χ1v) is 12.8. The highest BCUT2D eigenvalue weighted by molar-refractivity contribution is 9.10. The SMILES string of the molecule is C[C@H](CCl)COc1ccc(C(C)(C)c2ccc(OC[C@@H](O)CN3CCOCC3)cc2)cc1Br. The van der Waals surface area contributed by atoms with Crippen LogP contribution in [0.15, 0.2) is 46.9 Å². The number of nitrogens with zero attached hydrogens (tertiary/aromatic N) is 1. The smallest absolute Gasteiger partial charge is 0.133 e. The molecule has 1 aliphatic rings. The van der Waals surface area contributed by atoms with Gasteiger partial charge in [-0.15, -0.1) is 11.6 Å². The number of aliphatic hydroxyl groups is 1. The molecule has 1 aliphatic heterocycles. The second-order valence-electron chi connectivity index (χ2n) is 9.24. The third-order valence-corrected chi connectivity index (χ3v) is 7.18. The number of alkyl halides is 1. The fraction of sp³-hybridized carbons (Fsp3) is 0.538. The molecule has 0 saturated carbocycles. The van der Waals surface area contributed by atoms with E-state index in [1.54, 1.807) is 0 Å². The maximum absolute atomic E-state index is 10.3. The van der Waals surface area contributed by atoms with Gasteiger partial charge in [0, 0.05) is 36.8 Å². The molecule has 2 aromatic rings. The number of halogens is 2. The summed E-state index contributed by atoms with van der Waals surface area (Å²) >= 11 is 9.53. The average molecular weight is 541 g/mol. The van der Waals surface area contributed by atoms with Crippen LogP contribution in [0, 0.1) is 5.92 Å². The summed E-state index contributed by atoms with van der Waals surface area (Å²) in [5.41, 5.74) is 2.17. The molecule has 0 radical (unpaired) electrons. The van der Waals surface area contributed by atoms with Crippen molar-refractivity contribution in [3.63, 3.8) is 0 Å². The molecule has 0 unspecified atom stereocenters. The van der Waals surface area contributed by atoms with Crippen LogP contribution in [0.3, 0.4) is 0 Å². The zero-order valence-corrected chi connectivity index (χ0v) is 22.1. The van der Waals surface area contributed by atoms with E-state index >= 15 is 0 Å². The van der Waals surface area contributed by atoms with Crippen LogP contribution in [-0.2, 0) is 10.2 Å². The number of ether oxygens (including phenoxy) is 3. The minimum atomic E-state index is -0.523. The maximum Gasteiger partial charge on any atom is 0.133 e. The highest BCUT2D eigenvalue weighted by Gasteiger charge is 2.24. The molecule has 3 rings (SSSR count). The molecule has 5 nitrogen and oxygen atoms in total. The molecule has 33 heavy (non-hydrogen) atoms. The Morgan fingerprint density at radius 2 is 1.73 bits per heavy atom. The van der Waals surface area contributed by atoms with E-state index in [1.165, 1.54) is 11.1 Å². The molecule has 0 aromatic heterocycles. The first kappa shape index (κ1) is 26.3. The van der Waals surface area contributed by atoms with Crippen LogP contribution in [0.1, 0.15) is 31.9 Å². The zero-order valence-electron chi connectivity index (χ0n) is 19.7. The largest absolute Gasteiger partial charge is 0.492 e. The van der Waals surface area contributed by atoms with Crippen LogP contribution in [0.5, 0.6) is 11.5 Å². The van der Waals surface area contributed by atoms with Crippen LogP contribution in [0.4, 0.5) is 0 Å². The lowest BCUT2D eigenvalue weighted by Crippen LogP contribution is -2.42. The summed E-state index contributed by atoms with van der Waals surface area (Å²) in [6, 6.07) is 14.4. The van der Waals surface area contributed by atoms with Gasteiger partial charge in [0.25, 0.3) is 0 Å². The molecule has 2 aromatic carbocycles. The minimum Gasteiger partial charge on any atom is -0.492 e. The minimum absolute atomic E-state index is 0.196. The normalized spacial score (nSPS) is 16.9. The Kier molecular flexibility index (Phi) is 9.89. The maximum atomic E-state index is 10.3. The molecule has 7 heteroatoms. The van der Waals surface area contributed by atoms with E-state index in [2.05, 4.69) is 65.9 Å². The Hall–Kier alpha value is -1.31. The van der Waals surface area contributed by atoms with E-state index in [-0.39, 0.29) is 12.0 Å². The Labute approximate surface area is 211 Å². The molecular formula is C26H35BrClNO4. The summed E-state index contributed by atoms with van der Waals surface area (Å²) in [5, 5.41) is 10.3. The van der Waals surface area contributed by atoms with Crippen molar-refractivity contribution in [1.29, 1.82) is 0 Å². The predicted molar refractivity (Wildman–Crippen MR) is 137 cm³/mol. The third-order valence-electron chi connectivity index (χ3n) is 6.03. The summed E-state index contributed by atoms with van der Waals surface area (Å²) < 4.78 is 18.0. The lowest BCUT2D eigenvalue weighted by atomic mass is 9.78. The van der Waals surface area contributed by atoms with Crippen LogP contribution in [0.2, 0.25) is 0 Å². The number of hydrogen-bond acceptors (Lipinski definition) is 5. The molecule has 1 N–H and O–H groups in total. The Bertz CT molecular complexity index is 871. The van der Waals surface area contributed by atoms with Crippen LogP contribution in [0.25, 0.3) is 0 Å². The van der Waals surface area contributed by atoms with Crippen molar-refractivity contribution in [3.8, 4) is 11.5 Å². The van der Waals surface area contributed by atoms with Gasteiger partial charge in [0.15, 0.2) is 0 Å². The van der Waals surface area contributed by atoms with Gasteiger partial charge in [-0.25, -0.2) is 0 Å². The highest BCUT2D eigenvalue weighted by atomic mass is 79.9. The first-order valence-electron chi connectivity index (χ1n) is 11.5. The average Bonchev–Trinajstić information content (AvgIpc) is 2.82. The lowest BCUT2D eigenvalue weighted by Gasteiger charge is -2.28. The van der Waals surface area contributed by atoms with Crippen molar-refractivity contribution >= 4 is 27.5 Å². The first-order chi connectivity index (χ1) is 15.8. The van der Waals surface area contributed by atoms with E-state index in [0.29, 0.717) is 24.9 Å². The highest BCUT2D eigenvalue weighted by Crippen LogP contribution is 2.36. The topological polar surface area (TPSA) is 51.2 Å². The summed E-state index contributed by atoms with van der Waals surface area (Å²) in [4.78, 5) is 2.20. The summed E-state index contributed by atoms with van der Waals surface area (Å²) in [6.07, 6.45) is -0.523. The van der Waals surface area contributed by atoms with Gasteiger partial charge in [-0.2, -0.15) is 0 Å². The molecular weight excluding hydrogens is 506 g/mol. The molecule has 0 aliphatic carbocycles. The Morgan fingerprint density at radius 1 is 1.06 bits per heavy atom. The molecule has 0 amide bonds. The molecule has 1 saturated heterocycles. The van der Waals surface area contributed by atoms with Gasteiger partial charge in [-0.05, 0) is 51.3 Å². The molecule has 182 valence electrons. The molecule has 0 spiro atoms. The van der Waals surface area contributed by atoms with Crippen LogP contribution < -0.4 is 9.47 Å². The Morgan fingerprint density at radius 3 is 2.36 bits per heavy atom. The van der Waals surface area contributed by atoms with Gasteiger partial charge < -0.3 is 19.3 Å². The number of aliphatic hydroxyl groups excluding tert-OH is 1. The number of morpholine rings is 1. The van der Waals surface area contributed by atoms with E-state index in [9.17, 15) is 5.11 Å². The fourth-order valence-electron chi connectivity index (χ4n) is 3.74. The molecule has 2 atom stereocenters. The van der Waals surface area contributed by atoms with Gasteiger partial charge in [0.2, 0.25) is 0 Å². The summed E-state index contributed by atoms with van der Waals surface area (Å²) in [7, 11) is 0. The van der Waals surface area contributed by atoms with E-state index in [4.69, 9.17) is 25.8 Å². The molecule has 0 bridgehead atoms. The third kappa shape index (κ3) is 7.59. The fourth-order valence-corrected chi connectivity index (χ4v) is 4.33. The Balaban J connectivity index is 1.57. The lowest BCUT2D eigenvalue weighted by molar-refractivity contribution is 0.00465. The van der Waals surface area contributed by atoms with Gasteiger partial charge in [0.05, 0.1) is 24.3 Å². The van der Waals surface area contributed by atoms with Gasteiger partial charge in [-0.1, -0.05) is 39.0 Å². The van der Waals surface area contributed by atoms with Crippen molar-refractivity contribution < 1.29 is 19.3 Å². The van der Waals surface area contributed by atoms with Gasteiger partial charge in [0.1, 0.15) is 24.2 Å². The van der Waals surface area contributed by atoms with E-state index in [1.807, 2.05) is 18.2 Å². The van der Waals surface area contributed by atoms with Crippen molar-refractivity contribution in [2.24, 2.45) is 5.92 Å². The van der Waals surface area contributed by atoms with E-state index < -0.39 is 6.10 Å². The standard InChI is InChI=1S/C26H35BrClNO4/c1-19(15-28)17-33-25-9-6-21(14-24(25)27)26(2,3)20-4-7-23(8-5-20)32-18-22(30)16-29-10-12-31-13-11-29/h4-9,14,19,22,30H,10-13,15-18H2,1-3H3/t19-,22+/m1/s1. The van der Waals surface area contributed by atoms with E-state index in [0.717, 1.165) is 42.3 Å². The zero-order chi connectivity index (χ0) is 23.8. The van der Waals surface area contributed by atoms with Gasteiger partial charge in [-0.3, -0.25) is 4.90 Å².